The minimum absolute atomic E-state index is 0.766. The molecule has 2 aliphatic rings. The number of aliphatic imine (C=N–C) groups is 1. The first kappa shape index (κ1) is 7.44. The largest absolute Gasteiger partial charge is 0.316 e. The van der Waals surface area contributed by atoms with Crippen molar-refractivity contribution in [2.24, 2.45) is 15.2 Å². The average Bonchev–Trinajstić information content (AvgIpc) is 2.29. The lowest BCUT2D eigenvalue weighted by atomic mass is 10.2. The molecule has 2 heterocycles. The monoisotopic (exact) mass is 184 g/mol. The number of rotatable bonds is 0. The first-order valence-corrected chi connectivity index (χ1v) is 4.45. The van der Waals surface area contributed by atoms with Crippen LogP contribution in [0, 0.1) is 0 Å². The van der Waals surface area contributed by atoms with Crippen molar-refractivity contribution in [3.63, 3.8) is 0 Å². The molecule has 3 rings (SSSR count). The molecule has 2 aliphatic heterocycles. The van der Waals surface area contributed by atoms with Gasteiger partial charge in [0.05, 0.1) is 24.1 Å². The minimum atomic E-state index is 0.766. The summed E-state index contributed by atoms with van der Waals surface area (Å²) >= 11 is 0. The van der Waals surface area contributed by atoms with E-state index in [1.54, 1.807) is 12.4 Å². The van der Waals surface area contributed by atoms with E-state index in [-0.39, 0.29) is 0 Å². The van der Waals surface area contributed by atoms with Gasteiger partial charge in [-0.05, 0) is 12.1 Å². The van der Waals surface area contributed by atoms with Gasteiger partial charge in [-0.2, -0.15) is 5.10 Å². The zero-order valence-corrected chi connectivity index (χ0v) is 7.46. The van der Waals surface area contributed by atoms with Gasteiger partial charge in [0.2, 0.25) is 0 Å². The Hall–Kier alpha value is -1.97. The van der Waals surface area contributed by atoms with E-state index in [0.717, 1.165) is 23.8 Å². The van der Waals surface area contributed by atoms with Crippen molar-refractivity contribution < 1.29 is 0 Å². The molecule has 0 saturated heterocycles. The van der Waals surface area contributed by atoms with Crippen molar-refractivity contribution >= 4 is 29.6 Å². The summed E-state index contributed by atoms with van der Waals surface area (Å²) in [5, 5.41) is 7.88. The highest BCUT2D eigenvalue weighted by molar-refractivity contribution is 6.38. The van der Waals surface area contributed by atoms with Crippen LogP contribution in [-0.4, -0.2) is 24.8 Å². The first-order valence-electron chi connectivity index (χ1n) is 4.45. The van der Waals surface area contributed by atoms with E-state index in [0.29, 0.717) is 0 Å². The molecule has 0 aromatic heterocycles. The third-order valence-electron chi connectivity index (χ3n) is 2.27. The van der Waals surface area contributed by atoms with Gasteiger partial charge in [-0.25, -0.2) is 0 Å². The molecule has 14 heavy (non-hydrogen) atoms. The van der Waals surface area contributed by atoms with E-state index in [1.807, 2.05) is 24.3 Å². The van der Waals surface area contributed by atoms with Gasteiger partial charge in [0.25, 0.3) is 0 Å². The van der Waals surface area contributed by atoms with Crippen molar-refractivity contribution in [1.29, 1.82) is 0 Å². The summed E-state index contributed by atoms with van der Waals surface area (Å²) in [7, 11) is 0. The third-order valence-corrected chi connectivity index (χ3v) is 2.27. The van der Waals surface area contributed by atoms with Crippen molar-refractivity contribution in [2.45, 2.75) is 0 Å². The molecule has 0 aliphatic carbocycles. The SMILES string of the molecule is C1=NN=C2C=Nc3ccccc3N2C1. The number of amidine groups is 1. The molecule has 1 aromatic rings. The standard InChI is InChI=1S/C10H8N4/c1-2-4-9-8(3-1)11-7-10-13-12-5-6-14(9)10/h1-5,7H,6H2. The van der Waals surface area contributed by atoms with Crippen LogP contribution in [0.2, 0.25) is 0 Å². The van der Waals surface area contributed by atoms with Crippen molar-refractivity contribution in [1.82, 2.24) is 0 Å². The fourth-order valence-corrected chi connectivity index (χ4v) is 1.61. The van der Waals surface area contributed by atoms with E-state index in [9.17, 15) is 0 Å². The number of anilines is 1. The van der Waals surface area contributed by atoms with Gasteiger partial charge in [-0.1, -0.05) is 12.1 Å². The Labute approximate surface area is 81.3 Å². The summed E-state index contributed by atoms with van der Waals surface area (Å²) in [6.45, 7) is 0.766. The smallest absolute Gasteiger partial charge is 0.174 e. The molecule has 4 nitrogen and oxygen atoms in total. The van der Waals surface area contributed by atoms with Crippen LogP contribution < -0.4 is 4.90 Å². The minimum Gasteiger partial charge on any atom is -0.316 e. The Bertz CT molecular complexity index is 459. The number of hydrogen-bond donors (Lipinski definition) is 0. The Morgan fingerprint density at radius 3 is 3.14 bits per heavy atom. The number of benzene rings is 1. The topological polar surface area (TPSA) is 40.3 Å². The van der Waals surface area contributed by atoms with Crippen LogP contribution >= 0.6 is 0 Å². The summed E-state index contributed by atoms with van der Waals surface area (Å²) in [4.78, 5) is 6.40. The molecule has 0 radical (unpaired) electrons. The molecule has 0 spiro atoms. The molecule has 0 atom stereocenters. The highest BCUT2D eigenvalue weighted by Gasteiger charge is 2.20. The van der Waals surface area contributed by atoms with Gasteiger partial charge >= 0.3 is 0 Å². The molecule has 0 bridgehead atoms. The second-order valence-electron chi connectivity index (χ2n) is 3.11. The van der Waals surface area contributed by atoms with Crippen LogP contribution in [0.3, 0.4) is 0 Å². The van der Waals surface area contributed by atoms with Gasteiger partial charge < -0.3 is 4.90 Å². The predicted molar refractivity (Wildman–Crippen MR) is 57.9 cm³/mol. The summed E-state index contributed by atoms with van der Waals surface area (Å²) in [6, 6.07) is 8.02. The van der Waals surface area contributed by atoms with Gasteiger partial charge in [0.15, 0.2) is 5.84 Å². The molecule has 68 valence electrons. The average molecular weight is 184 g/mol. The lowest BCUT2D eigenvalue weighted by molar-refractivity contribution is 1.09. The zero-order chi connectivity index (χ0) is 9.38. The van der Waals surface area contributed by atoms with E-state index >= 15 is 0 Å². The van der Waals surface area contributed by atoms with E-state index < -0.39 is 0 Å². The molecule has 0 unspecified atom stereocenters. The predicted octanol–water partition coefficient (Wildman–Crippen LogP) is 1.61. The highest BCUT2D eigenvalue weighted by atomic mass is 15.3. The third kappa shape index (κ3) is 0.970. The summed E-state index contributed by atoms with van der Waals surface area (Å²) < 4.78 is 0. The van der Waals surface area contributed by atoms with E-state index in [2.05, 4.69) is 20.1 Å². The number of para-hydroxylation sites is 2. The van der Waals surface area contributed by atoms with Gasteiger partial charge in [-0.3, -0.25) is 4.99 Å². The molecule has 1 aromatic carbocycles. The Kier molecular flexibility index (Phi) is 1.47. The van der Waals surface area contributed by atoms with E-state index in [4.69, 9.17) is 0 Å². The quantitative estimate of drug-likeness (QED) is 0.603. The molecule has 4 heteroatoms. The highest BCUT2D eigenvalue weighted by Crippen LogP contribution is 2.31. The Balaban J connectivity index is 2.18. The second-order valence-corrected chi connectivity index (χ2v) is 3.11. The summed E-state index contributed by atoms with van der Waals surface area (Å²) in [5.74, 6) is 0.811. The van der Waals surface area contributed by atoms with Crippen molar-refractivity contribution in [3.05, 3.63) is 24.3 Å². The summed E-state index contributed by atoms with van der Waals surface area (Å²) in [6.07, 6.45) is 3.54. The first-order chi connectivity index (χ1) is 6.95. The maximum Gasteiger partial charge on any atom is 0.174 e. The second kappa shape index (κ2) is 2.77. The normalized spacial score (nSPS) is 17.4. The van der Waals surface area contributed by atoms with Crippen molar-refractivity contribution in [2.75, 3.05) is 11.4 Å². The van der Waals surface area contributed by atoms with Crippen LogP contribution in [0.25, 0.3) is 0 Å². The maximum absolute atomic E-state index is 4.31. The molecular formula is C10H8N4. The lowest BCUT2D eigenvalue weighted by Crippen LogP contribution is -2.37. The summed E-state index contributed by atoms with van der Waals surface area (Å²) in [5.41, 5.74) is 2.08. The molecule has 0 N–H and O–H groups in total. The van der Waals surface area contributed by atoms with Crippen LogP contribution in [0.15, 0.2) is 39.5 Å². The molecular weight excluding hydrogens is 176 g/mol. The molecule has 0 saturated carbocycles. The van der Waals surface area contributed by atoms with E-state index in [1.165, 1.54) is 0 Å². The van der Waals surface area contributed by atoms with Gasteiger partial charge in [-0.15, -0.1) is 5.10 Å². The Morgan fingerprint density at radius 1 is 1.21 bits per heavy atom. The van der Waals surface area contributed by atoms with Crippen molar-refractivity contribution in [3.8, 4) is 0 Å². The van der Waals surface area contributed by atoms with Crippen LogP contribution in [0.4, 0.5) is 11.4 Å². The number of nitrogens with zero attached hydrogens (tertiary/aromatic N) is 4. The fraction of sp³-hybridized carbons (Fsp3) is 0.100. The van der Waals surface area contributed by atoms with Crippen LogP contribution in [0.1, 0.15) is 0 Å². The number of fused-ring (bicyclic) bond motifs is 3. The number of hydrogen-bond acceptors (Lipinski definition) is 4. The fourth-order valence-electron chi connectivity index (χ4n) is 1.61. The Morgan fingerprint density at radius 2 is 2.14 bits per heavy atom. The zero-order valence-electron chi connectivity index (χ0n) is 7.46. The lowest BCUT2D eigenvalue weighted by Gasteiger charge is -2.27. The van der Waals surface area contributed by atoms with Gasteiger partial charge in [0.1, 0.15) is 0 Å². The van der Waals surface area contributed by atoms with Gasteiger partial charge in [0, 0.05) is 6.21 Å². The molecule has 0 amide bonds. The maximum atomic E-state index is 4.31. The molecule has 0 fully saturated rings. The van der Waals surface area contributed by atoms with Crippen LogP contribution in [0.5, 0.6) is 0 Å². The van der Waals surface area contributed by atoms with Crippen LogP contribution in [-0.2, 0) is 0 Å².